The normalized spacial score (nSPS) is 27.4. The number of rotatable bonds is 3. The van der Waals surface area contributed by atoms with Crippen LogP contribution in [0.4, 0.5) is 0 Å². The van der Waals surface area contributed by atoms with Gasteiger partial charge in [0.25, 0.3) is 0 Å². The molecule has 2 nitrogen and oxygen atoms in total. The number of benzene rings is 1. The Bertz CT molecular complexity index is 533. The monoisotopic (exact) mass is 285 g/mol. The molecule has 1 aliphatic carbocycles. The summed E-state index contributed by atoms with van der Waals surface area (Å²) >= 11 is 0. The molecule has 0 aliphatic heterocycles. The molecule has 0 saturated heterocycles. The summed E-state index contributed by atoms with van der Waals surface area (Å²) in [6.45, 7) is 8.59. The van der Waals surface area contributed by atoms with Gasteiger partial charge >= 0.3 is 0 Å². The summed E-state index contributed by atoms with van der Waals surface area (Å²) in [5.74, 6) is 1.36. The Morgan fingerprint density at radius 2 is 1.86 bits per heavy atom. The number of aliphatic hydroxyl groups is 1. The zero-order valence-corrected chi connectivity index (χ0v) is 13.7. The van der Waals surface area contributed by atoms with Crippen molar-refractivity contribution in [2.24, 2.45) is 17.3 Å². The van der Waals surface area contributed by atoms with Crippen LogP contribution >= 0.6 is 0 Å². The molecule has 1 aliphatic rings. The van der Waals surface area contributed by atoms with Crippen molar-refractivity contribution in [3.63, 3.8) is 0 Å². The molecule has 0 amide bonds. The van der Waals surface area contributed by atoms with Gasteiger partial charge in [-0.25, -0.2) is 0 Å². The van der Waals surface area contributed by atoms with E-state index >= 15 is 0 Å². The Hall–Kier alpha value is -1.33. The zero-order valence-electron chi connectivity index (χ0n) is 13.7. The highest BCUT2D eigenvalue weighted by atomic mass is 16.3. The largest absolute Gasteiger partial charge is 0.387 e. The zero-order chi connectivity index (χ0) is 15.6. The summed E-state index contributed by atoms with van der Waals surface area (Å²) in [7, 11) is 0. The van der Waals surface area contributed by atoms with Gasteiger partial charge in [-0.05, 0) is 62.5 Å². The summed E-state index contributed by atoms with van der Waals surface area (Å²) in [4.78, 5) is 0. The third-order valence-electron chi connectivity index (χ3n) is 5.33. The second-order valence-electron chi connectivity index (χ2n) is 7.11. The maximum Gasteiger partial charge on any atom is 0.0978 e. The first-order chi connectivity index (χ1) is 9.89. The molecule has 0 heterocycles. The van der Waals surface area contributed by atoms with Gasteiger partial charge < -0.3 is 5.11 Å². The number of nitrogens with zero attached hydrogens (tertiary/aromatic N) is 1. The third-order valence-corrected chi connectivity index (χ3v) is 5.33. The van der Waals surface area contributed by atoms with Crippen molar-refractivity contribution in [1.82, 2.24) is 0 Å². The van der Waals surface area contributed by atoms with E-state index in [9.17, 15) is 10.4 Å². The molecule has 0 spiro atoms. The Labute approximate surface area is 128 Å². The highest BCUT2D eigenvalue weighted by molar-refractivity contribution is 5.34. The van der Waals surface area contributed by atoms with Crippen LogP contribution in [0.15, 0.2) is 18.2 Å². The van der Waals surface area contributed by atoms with Crippen molar-refractivity contribution in [2.75, 3.05) is 0 Å². The summed E-state index contributed by atoms with van der Waals surface area (Å²) in [5.41, 5.74) is 2.59. The van der Waals surface area contributed by atoms with Gasteiger partial charge in [0.05, 0.1) is 17.6 Å². The number of aliphatic hydroxyl groups excluding tert-OH is 1. The first-order valence-corrected chi connectivity index (χ1v) is 8.06. The van der Waals surface area contributed by atoms with Crippen LogP contribution in [0.2, 0.25) is 0 Å². The molecular formula is C19H27NO. The molecule has 2 rings (SSSR count). The minimum atomic E-state index is -0.670. The Balaban J connectivity index is 2.24. The van der Waals surface area contributed by atoms with Crippen molar-refractivity contribution in [1.29, 1.82) is 5.26 Å². The first-order valence-electron chi connectivity index (χ1n) is 8.06. The van der Waals surface area contributed by atoms with E-state index in [-0.39, 0.29) is 0 Å². The van der Waals surface area contributed by atoms with Crippen molar-refractivity contribution in [3.8, 4) is 6.07 Å². The Morgan fingerprint density at radius 3 is 2.33 bits per heavy atom. The molecule has 1 atom stereocenters. The van der Waals surface area contributed by atoms with E-state index in [1.165, 1.54) is 5.56 Å². The van der Waals surface area contributed by atoms with E-state index in [0.29, 0.717) is 11.8 Å². The fourth-order valence-electron chi connectivity index (χ4n) is 3.70. The molecule has 0 aromatic heterocycles. The van der Waals surface area contributed by atoms with Crippen molar-refractivity contribution in [3.05, 3.63) is 34.9 Å². The van der Waals surface area contributed by atoms with Gasteiger partial charge in [-0.3, -0.25) is 0 Å². The maximum absolute atomic E-state index is 10.9. The van der Waals surface area contributed by atoms with Crippen molar-refractivity contribution >= 4 is 0 Å². The summed E-state index contributed by atoms with van der Waals surface area (Å²) < 4.78 is 0. The smallest absolute Gasteiger partial charge is 0.0978 e. The topological polar surface area (TPSA) is 44.0 Å². The lowest BCUT2D eigenvalue weighted by molar-refractivity contribution is 0.0186. The van der Waals surface area contributed by atoms with Crippen LogP contribution in [0.25, 0.3) is 0 Å². The number of hydrogen-bond donors (Lipinski definition) is 1. The lowest BCUT2D eigenvalue weighted by Gasteiger charge is -2.40. The third kappa shape index (κ3) is 3.14. The highest BCUT2D eigenvalue weighted by Crippen LogP contribution is 2.49. The lowest BCUT2D eigenvalue weighted by atomic mass is 9.64. The van der Waals surface area contributed by atoms with E-state index in [1.807, 2.05) is 19.1 Å². The fourth-order valence-corrected chi connectivity index (χ4v) is 3.70. The van der Waals surface area contributed by atoms with Crippen LogP contribution in [0.1, 0.15) is 62.3 Å². The Morgan fingerprint density at radius 1 is 1.24 bits per heavy atom. The van der Waals surface area contributed by atoms with E-state index in [0.717, 1.165) is 36.8 Å². The molecule has 114 valence electrons. The number of nitriles is 1. The van der Waals surface area contributed by atoms with Crippen LogP contribution in [0.5, 0.6) is 0 Å². The molecule has 0 bridgehead atoms. The summed E-state index contributed by atoms with van der Waals surface area (Å²) in [6, 6.07) is 8.57. The molecule has 1 aromatic rings. The molecule has 2 heteroatoms. The average Bonchev–Trinajstić information content (AvgIpc) is 2.46. The molecule has 1 fully saturated rings. The van der Waals surface area contributed by atoms with Crippen LogP contribution in [-0.4, -0.2) is 5.11 Å². The average molecular weight is 285 g/mol. The number of aryl methyl sites for hydroxylation is 2. The second kappa shape index (κ2) is 6.20. The SMILES string of the molecule is Cc1ccc(C(O)C2(C#N)CCC(C(C)C)CC2)c(C)c1. The quantitative estimate of drug-likeness (QED) is 0.875. The minimum Gasteiger partial charge on any atom is -0.387 e. The summed E-state index contributed by atoms with van der Waals surface area (Å²) in [6.07, 6.45) is 3.04. The van der Waals surface area contributed by atoms with Crippen LogP contribution in [0.3, 0.4) is 0 Å². The molecule has 1 saturated carbocycles. The summed E-state index contributed by atoms with van der Waals surface area (Å²) in [5, 5.41) is 20.6. The fraction of sp³-hybridized carbons (Fsp3) is 0.632. The van der Waals surface area contributed by atoms with Gasteiger partial charge in [-0.15, -0.1) is 0 Å². The van der Waals surface area contributed by atoms with E-state index in [2.05, 4.69) is 32.9 Å². The maximum atomic E-state index is 10.9. The molecule has 1 unspecified atom stereocenters. The van der Waals surface area contributed by atoms with Gasteiger partial charge in [0.1, 0.15) is 0 Å². The van der Waals surface area contributed by atoms with Gasteiger partial charge in [0.2, 0.25) is 0 Å². The predicted molar refractivity (Wildman–Crippen MR) is 85.7 cm³/mol. The molecule has 1 N–H and O–H groups in total. The van der Waals surface area contributed by atoms with Gasteiger partial charge in [0.15, 0.2) is 0 Å². The minimum absolute atomic E-state index is 0.606. The highest BCUT2D eigenvalue weighted by Gasteiger charge is 2.43. The van der Waals surface area contributed by atoms with Crippen LogP contribution in [0, 0.1) is 42.4 Å². The molecule has 1 aromatic carbocycles. The van der Waals surface area contributed by atoms with E-state index in [4.69, 9.17) is 0 Å². The van der Waals surface area contributed by atoms with Gasteiger partial charge in [-0.1, -0.05) is 37.6 Å². The lowest BCUT2D eigenvalue weighted by Crippen LogP contribution is -2.34. The second-order valence-corrected chi connectivity index (χ2v) is 7.11. The van der Waals surface area contributed by atoms with E-state index < -0.39 is 11.5 Å². The van der Waals surface area contributed by atoms with Crippen LogP contribution in [-0.2, 0) is 0 Å². The molecule has 0 radical (unpaired) electrons. The predicted octanol–water partition coefficient (Wildman–Crippen LogP) is 4.69. The van der Waals surface area contributed by atoms with Crippen molar-refractivity contribution < 1.29 is 5.11 Å². The van der Waals surface area contributed by atoms with E-state index in [1.54, 1.807) is 0 Å². The van der Waals surface area contributed by atoms with Crippen molar-refractivity contribution in [2.45, 2.75) is 59.5 Å². The Kier molecular flexibility index (Phi) is 4.74. The standard InChI is InChI=1S/C19H27NO/c1-13(2)16-7-9-19(12-20,10-8-16)18(21)17-6-5-14(3)11-15(17)4/h5-6,11,13,16,18,21H,7-10H2,1-4H3. The molecule has 21 heavy (non-hydrogen) atoms. The van der Waals surface area contributed by atoms with Gasteiger partial charge in [-0.2, -0.15) is 5.26 Å². The first kappa shape index (κ1) is 16.0. The number of hydrogen-bond acceptors (Lipinski definition) is 2. The van der Waals surface area contributed by atoms with Crippen LogP contribution < -0.4 is 0 Å². The molecular weight excluding hydrogens is 258 g/mol. The van der Waals surface area contributed by atoms with Gasteiger partial charge in [0, 0.05) is 0 Å².